The quantitative estimate of drug-likeness (QED) is 0.317. The number of aliphatic carboxylic acids is 1. The Balaban J connectivity index is 1.87. The molecule has 2 aromatic rings. The van der Waals surface area contributed by atoms with Gasteiger partial charge in [-0.25, -0.2) is 0 Å². The molecule has 1 aromatic carbocycles. The van der Waals surface area contributed by atoms with Crippen molar-refractivity contribution in [2.45, 2.75) is 50.2 Å². The molecule has 1 aromatic heterocycles. The number of benzene rings is 1. The third-order valence-corrected chi connectivity index (χ3v) is 5.32. The van der Waals surface area contributed by atoms with Gasteiger partial charge in [0.1, 0.15) is 18.1 Å². The minimum atomic E-state index is -1.28. The van der Waals surface area contributed by atoms with Crippen LogP contribution < -0.4 is 21.7 Å². The van der Waals surface area contributed by atoms with E-state index in [0.29, 0.717) is 25.8 Å². The molecule has 0 spiro atoms. The maximum absolute atomic E-state index is 12.9. The number of carboxylic acids is 1. The van der Waals surface area contributed by atoms with E-state index in [1.165, 1.54) is 0 Å². The molecule has 3 rings (SSSR count). The first-order valence-electron chi connectivity index (χ1n) is 10.3. The van der Waals surface area contributed by atoms with Gasteiger partial charge in [-0.05, 0) is 37.4 Å². The molecule has 2 heterocycles. The van der Waals surface area contributed by atoms with E-state index >= 15 is 0 Å². The van der Waals surface area contributed by atoms with Crippen LogP contribution >= 0.6 is 0 Å². The van der Waals surface area contributed by atoms with E-state index in [9.17, 15) is 19.2 Å². The SMILES string of the molecule is NCCCC[C@@H]1NC(=O)[C@H](CC(=O)O)NC(=O)[C@H](Cc2c[nH]c3ccccc23)NC1=O. The number of carbonyl (C=O) groups is 4. The summed E-state index contributed by atoms with van der Waals surface area (Å²) in [6.45, 7) is 0.452. The van der Waals surface area contributed by atoms with E-state index in [2.05, 4.69) is 20.9 Å². The third-order valence-electron chi connectivity index (χ3n) is 5.32. The summed E-state index contributed by atoms with van der Waals surface area (Å²) in [5.74, 6) is -3.02. The monoisotopic (exact) mass is 429 g/mol. The van der Waals surface area contributed by atoms with Crippen molar-refractivity contribution in [1.29, 1.82) is 0 Å². The Morgan fingerprint density at radius 3 is 2.32 bits per heavy atom. The van der Waals surface area contributed by atoms with E-state index in [-0.39, 0.29) is 6.42 Å². The predicted molar refractivity (Wildman–Crippen MR) is 113 cm³/mol. The van der Waals surface area contributed by atoms with E-state index in [1.54, 1.807) is 6.20 Å². The molecule has 7 N–H and O–H groups in total. The number of hydrogen-bond acceptors (Lipinski definition) is 5. The van der Waals surface area contributed by atoms with Gasteiger partial charge in [-0.3, -0.25) is 19.2 Å². The number of aromatic amines is 1. The largest absolute Gasteiger partial charge is 0.481 e. The summed E-state index contributed by atoms with van der Waals surface area (Å²) in [7, 11) is 0. The molecule has 1 saturated heterocycles. The topological polar surface area (TPSA) is 166 Å². The number of H-pyrrole nitrogens is 1. The van der Waals surface area contributed by atoms with Gasteiger partial charge in [0, 0.05) is 23.5 Å². The number of fused-ring (bicyclic) bond motifs is 1. The number of rotatable bonds is 8. The molecule has 0 aliphatic carbocycles. The second-order valence-corrected chi connectivity index (χ2v) is 7.63. The van der Waals surface area contributed by atoms with Crippen molar-refractivity contribution < 1.29 is 24.3 Å². The molecule has 1 aliphatic heterocycles. The number of hydrogen-bond donors (Lipinski definition) is 6. The molecule has 0 radical (unpaired) electrons. The van der Waals surface area contributed by atoms with Crippen LogP contribution in [-0.2, 0) is 25.6 Å². The van der Waals surface area contributed by atoms with Crippen LogP contribution in [-0.4, -0.2) is 58.5 Å². The van der Waals surface area contributed by atoms with E-state index in [4.69, 9.17) is 10.8 Å². The number of carbonyl (C=O) groups excluding carboxylic acids is 3. The molecule has 0 bridgehead atoms. The van der Waals surface area contributed by atoms with Crippen molar-refractivity contribution in [2.24, 2.45) is 5.73 Å². The molecule has 3 amide bonds. The summed E-state index contributed by atoms with van der Waals surface area (Å²) in [5.41, 5.74) is 7.23. The van der Waals surface area contributed by atoms with Crippen molar-refractivity contribution in [2.75, 3.05) is 6.54 Å². The second-order valence-electron chi connectivity index (χ2n) is 7.63. The van der Waals surface area contributed by atoms with Gasteiger partial charge in [-0.15, -0.1) is 0 Å². The molecule has 10 heteroatoms. The van der Waals surface area contributed by atoms with Gasteiger partial charge in [0.15, 0.2) is 0 Å². The first kappa shape index (κ1) is 22.3. The Bertz CT molecular complexity index is 972. The number of nitrogens with two attached hydrogens (primary N) is 1. The fraction of sp³-hybridized carbons (Fsp3) is 0.429. The highest BCUT2D eigenvalue weighted by molar-refractivity contribution is 5.98. The number of aromatic nitrogens is 1. The van der Waals surface area contributed by atoms with Crippen LogP contribution in [0.2, 0.25) is 0 Å². The van der Waals surface area contributed by atoms with Crippen molar-refractivity contribution >= 4 is 34.6 Å². The Morgan fingerprint density at radius 1 is 0.935 bits per heavy atom. The lowest BCUT2D eigenvalue weighted by Crippen LogP contribution is -2.52. The first-order chi connectivity index (χ1) is 14.9. The summed E-state index contributed by atoms with van der Waals surface area (Å²) in [4.78, 5) is 52.7. The van der Waals surface area contributed by atoms with Crippen LogP contribution in [0.3, 0.4) is 0 Å². The predicted octanol–water partition coefficient (Wildman–Crippen LogP) is -0.218. The fourth-order valence-electron chi connectivity index (χ4n) is 3.69. The van der Waals surface area contributed by atoms with Crippen molar-refractivity contribution in [3.63, 3.8) is 0 Å². The van der Waals surface area contributed by atoms with Gasteiger partial charge in [0.25, 0.3) is 0 Å². The number of nitrogens with one attached hydrogen (secondary N) is 4. The minimum absolute atomic E-state index is 0.186. The Kier molecular flexibility index (Phi) is 7.24. The average molecular weight is 429 g/mol. The zero-order valence-corrected chi connectivity index (χ0v) is 17.0. The van der Waals surface area contributed by atoms with Crippen LogP contribution in [0.1, 0.15) is 31.2 Å². The summed E-state index contributed by atoms with van der Waals surface area (Å²) in [6, 6.07) is 4.45. The molecule has 31 heavy (non-hydrogen) atoms. The van der Waals surface area contributed by atoms with Gasteiger partial charge in [0.05, 0.1) is 6.42 Å². The van der Waals surface area contributed by atoms with Gasteiger partial charge in [0.2, 0.25) is 17.7 Å². The van der Waals surface area contributed by atoms with Crippen LogP contribution in [0.15, 0.2) is 30.5 Å². The van der Waals surface area contributed by atoms with Crippen molar-refractivity contribution in [3.05, 3.63) is 36.0 Å². The van der Waals surface area contributed by atoms with Crippen LogP contribution in [0.25, 0.3) is 10.9 Å². The number of amides is 3. The van der Waals surface area contributed by atoms with Crippen LogP contribution in [0.4, 0.5) is 0 Å². The van der Waals surface area contributed by atoms with Crippen LogP contribution in [0, 0.1) is 0 Å². The molecule has 166 valence electrons. The lowest BCUT2D eigenvalue weighted by molar-refractivity contribution is -0.140. The molecule has 1 fully saturated rings. The first-order valence-corrected chi connectivity index (χ1v) is 10.3. The standard InChI is InChI=1S/C21H27N5O5/c22-8-4-3-7-15-19(29)25-16(9-12-11-23-14-6-2-1-5-13(12)14)20(30)26-17(10-18(27)28)21(31)24-15/h1-2,5-6,11,15-17,23H,3-4,7-10,22H2,(H,24,31)(H,25,29)(H,26,30)(H,27,28)/t15-,16-,17-/m0/s1. The minimum Gasteiger partial charge on any atom is -0.481 e. The Morgan fingerprint density at radius 2 is 1.58 bits per heavy atom. The lowest BCUT2D eigenvalue weighted by Gasteiger charge is -2.20. The summed E-state index contributed by atoms with van der Waals surface area (Å²) < 4.78 is 0. The molecule has 1 aliphatic rings. The zero-order valence-electron chi connectivity index (χ0n) is 17.0. The van der Waals surface area contributed by atoms with Gasteiger partial charge >= 0.3 is 5.97 Å². The van der Waals surface area contributed by atoms with Gasteiger partial charge < -0.3 is 31.8 Å². The van der Waals surface area contributed by atoms with Crippen LogP contribution in [0.5, 0.6) is 0 Å². The van der Waals surface area contributed by atoms with Gasteiger partial charge in [-0.2, -0.15) is 0 Å². The molecule has 3 atom stereocenters. The molecular weight excluding hydrogens is 402 g/mol. The van der Waals surface area contributed by atoms with E-state index in [1.807, 2.05) is 24.3 Å². The highest BCUT2D eigenvalue weighted by Crippen LogP contribution is 2.19. The molecule has 10 nitrogen and oxygen atoms in total. The molecule has 0 unspecified atom stereocenters. The molecular formula is C21H27N5O5. The van der Waals surface area contributed by atoms with E-state index in [0.717, 1.165) is 16.5 Å². The van der Waals surface area contributed by atoms with Crippen molar-refractivity contribution in [3.8, 4) is 0 Å². The van der Waals surface area contributed by atoms with Crippen molar-refractivity contribution in [1.82, 2.24) is 20.9 Å². The Labute approximate surface area is 178 Å². The maximum atomic E-state index is 12.9. The Hall–Kier alpha value is -3.40. The van der Waals surface area contributed by atoms with E-state index < -0.39 is 48.2 Å². The average Bonchev–Trinajstić information content (AvgIpc) is 3.15. The maximum Gasteiger partial charge on any atom is 0.305 e. The number of carboxylic acid groups (broad SMARTS) is 1. The second kappa shape index (κ2) is 10.1. The molecule has 0 saturated carbocycles. The highest BCUT2D eigenvalue weighted by atomic mass is 16.4. The smallest absolute Gasteiger partial charge is 0.305 e. The normalized spacial score (nSPS) is 22.1. The fourth-order valence-corrected chi connectivity index (χ4v) is 3.69. The highest BCUT2D eigenvalue weighted by Gasteiger charge is 2.34. The number of para-hydroxylation sites is 1. The third kappa shape index (κ3) is 5.60. The zero-order chi connectivity index (χ0) is 22.4. The van der Waals surface area contributed by atoms with Gasteiger partial charge in [-0.1, -0.05) is 18.2 Å². The summed E-state index contributed by atoms with van der Waals surface area (Å²) in [5, 5.41) is 17.9. The summed E-state index contributed by atoms with van der Waals surface area (Å²) in [6.07, 6.45) is 2.99. The lowest BCUT2D eigenvalue weighted by atomic mass is 10.0. The number of unbranched alkanes of at least 4 members (excludes halogenated alkanes) is 1. The summed E-state index contributed by atoms with van der Waals surface area (Å²) >= 11 is 0.